The SMILES string of the molecule is O=C(NCCO)C1=CC(Oc2ccccc2I)C(O)C(N(CC2CC2)C(=O)c2cc3ccccc3oc2=O)C1. The summed E-state index contributed by atoms with van der Waals surface area (Å²) in [5.41, 5.74) is -0.179. The minimum Gasteiger partial charge on any atom is -0.482 e. The third-order valence-corrected chi connectivity index (χ3v) is 7.89. The van der Waals surface area contributed by atoms with Crippen molar-refractivity contribution in [3.63, 3.8) is 0 Å². The Morgan fingerprint density at radius 2 is 1.87 bits per heavy atom. The van der Waals surface area contributed by atoms with Crippen molar-refractivity contribution in [1.82, 2.24) is 10.2 Å². The second kappa shape index (κ2) is 11.9. The zero-order valence-corrected chi connectivity index (χ0v) is 23.2. The Morgan fingerprint density at radius 1 is 1.13 bits per heavy atom. The first kappa shape index (κ1) is 27.4. The van der Waals surface area contributed by atoms with Gasteiger partial charge >= 0.3 is 5.63 Å². The van der Waals surface area contributed by atoms with Gasteiger partial charge in [0.15, 0.2) is 0 Å². The third-order valence-electron chi connectivity index (χ3n) is 7.00. The molecule has 2 aromatic carbocycles. The highest BCUT2D eigenvalue weighted by Crippen LogP contribution is 2.35. The Bertz CT molecular complexity index is 1470. The summed E-state index contributed by atoms with van der Waals surface area (Å²) in [7, 11) is 0. The second-order valence-electron chi connectivity index (χ2n) is 9.83. The molecule has 3 atom stereocenters. The van der Waals surface area contributed by atoms with E-state index in [0.29, 0.717) is 28.8 Å². The average Bonchev–Trinajstić information content (AvgIpc) is 3.76. The fraction of sp³-hybridized carbons (Fsp3) is 0.345. The summed E-state index contributed by atoms with van der Waals surface area (Å²) >= 11 is 2.13. The second-order valence-corrected chi connectivity index (χ2v) is 11.0. The smallest absolute Gasteiger partial charge is 0.349 e. The number of carbonyl (C=O) groups excluding carboxylic acids is 2. The van der Waals surface area contributed by atoms with Gasteiger partial charge in [0.1, 0.15) is 29.1 Å². The minimum atomic E-state index is -1.18. The first-order valence-electron chi connectivity index (χ1n) is 12.9. The summed E-state index contributed by atoms with van der Waals surface area (Å²) in [6, 6.07) is 14.9. The fourth-order valence-electron chi connectivity index (χ4n) is 4.78. The Labute approximate surface area is 238 Å². The molecule has 2 aliphatic carbocycles. The molecule has 3 aromatic rings. The Balaban J connectivity index is 1.51. The number of hydrogen-bond donors (Lipinski definition) is 3. The Kier molecular flexibility index (Phi) is 8.34. The molecule has 5 rings (SSSR count). The first-order valence-corrected chi connectivity index (χ1v) is 14.0. The molecule has 10 heteroatoms. The van der Waals surface area contributed by atoms with Crippen molar-refractivity contribution in [2.75, 3.05) is 19.7 Å². The van der Waals surface area contributed by atoms with Crippen LogP contribution in [-0.2, 0) is 4.79 Å². The molecule has 2 amide bonds. The molecule has 1 saturated carbocycles. The summed E-state index contributed by atoms with van der Waals surface area (Å²) in [6.45, 7) is 0.166. The highest BCUT2D eigenvalue weighted by atomic mass is 127. The van der Waals surface area contributed by atoms with Gasteiger partial charge in [0.25, 0.3) is 5.91 Å². The standard InChI is InChI=1S/C29H29IN2O7/c30-21-6-2-4-8-24(21)38-25-15-19(27(35)31-11-12-33)14-22(26(25)34)32(16-17-9-10-17)28(36)20-13-18-5-1-3-7-23(18)39-29(20)37/h1-8,13,15,17,22,25-26,33-34H,9-12,14,16H2,(H,31,35). The van der Waals surface area contributed by atoms with Crippen molar-refractivity contribution < 1.29 is 29.0 Å². The maximum atomic E-state index is 13.9. The van der Waals surface area contributed by atoms with E-state index in [2.05, 4.69) is 27.9 Å². The van der Waals surface area contributed by atoms with E-state index >= 15 is 0 Å². The van der Waals surface area contributed by atoms with Crippen LogP contribution in [0.1, 0.15) is 29.6 Å². The Hall–Kier alpha value is -3.22. The molecule has 2 aliphatic rings. The fourth-order valence-corrected chi connectivity index (χ4v) is 5.29. The highest BCUT2D eigenvalue weighted by Gasteiger charge is 2.43. The summed E-state index contributed by atoms with van der Waals surface area (Å²) in [4.78, 5) is 41.3. The van der Waals surface area contributed by atoms with Crippen LogP contribution in [-0.4, -0.2) is 64.9 Å². The van der Waals surface area contributed by atoms with Crippen LogP contribution < -0.4 is 15.7 Å². The number of nitrogens with one attached hydrogen (secondary N) is 1. The van der Waals surface area contributed by atoms with Gasteiger partial charge in [-0.05, 0) is 71.7 Å². The highest BCUT2D eigenvalue weighted by molar-refractivity contribution is 14.1. The largest absolute Gasteiger partial charge is 0.482 e. The van der Waals surface area contributed by atoms with Crippen LogP contribution in [0.25, 0.3) is 11.0 Å². The van der Waals surface area contributed by atoms with Gasteiger partial charge in [0, 0.05) is 30.5 Å². The molecule has 0 spiro atoms. The van der Waals surface area contributed by atoms with E-state index in [-0.39, 0.29) is 31.1 Å². The van der Waals surface area contributed by atoms with Crippen molar-refractivity contribution in [3.8, 4) is 5.75 Å². The van der Waals surface area contributed by atoms with Crippen molar-refractivity contribution >= 4 is 45.4 Å². The van der Waals surface area contributed by atoms with E-state index in [1.165, 1.54) is 11.0 Å². The van der Waals surface area contributed by atoms with E-state index < -0.39 is 35.7 Å². The van der Waals surface area contributed by atoms with Crippen LogP contribution in [0.3, 0.4) is 0 Å². The lowest BCUT2D eigenvalue weighted by Crippen LogP contribution is -2.56. The molecule has 3 N–H and O–H groups in total. The van der Waals surface area contributed by atoms with Crippen LogP contribution in [0.15, 0.2) is 75.5 Å². The van der Waals surface area contributed by atoms with Crippen LogP contribution in [0, 0.1) is 9.49 Å². The van der Waals surface area contributed by atoms with E-state index in [0.717, 1.165) is 16.4 Å². The van der Waals surface area contributed by atoms with Crippen molar-refractivity contribution in [1.29, 1.82) is 0 Å². The molecular formula is C29H29IN2O7. The van der Waals surface area contributed by atoms with Gasteiger partial charge in [0.05, 0.1) is 16.2 Å². The normalized spacial score (nSPS) is 20.8. The topological polar surface area (TPSA) is 129 Å². The van der Waals surface area contributed by atoms with Crippen molar-refractivity contribution in [2.24, 2.45) is 5.92 Å². The van der Waals surface area contributed by atoms with E-state index in [1.807, 2.05) is 18.2 Å². The summed E-state index contributed by atoms with van der Waals surface area (Å²) in [6.07, 6.45) is 1.38. The van der Waals surface area contributed by atoms with Gasteiger partial charge < -0.3 is 29.6 Å². The molecule has 1 heterocycles. The summed E-state index contributed by atoms with van der Waals surface area (Å²) < 4.78 is 12.4. The maximum absolute atomic E-state index is 13.9. The molecular weight excluding hydrogens is 615 g/mol. The number of aliphatic hydroxyl groups is 2. The van der Waals surface area contributed by atoms with E-state index in [9.17, 15) is 24.6 Å². The number of aliphatic hydroxyl groups excluding tert-OH is 2. The van der Waals surface area contributed by atoms with Gasteiger partial charge in [-0.2, -0.15) is 0 Å². The van der Waals surface area contributed by atoms with Crippen LogP contribution in [0.2, 0.25) is 0 Å². The number of amides is 2. The molecule has 0 saturated heterocycles. The molecule has 39 heavy (non-hydrogen) atoms. The maximum Gasteiger partial charge on any atom is 0.349 e. The number of nitrogens with zero attached hydrogens (tertiary/aromatic N) is 1. The van der Waals surface area contributed by atoms with Gasteiger partial charge in [-0.25, -0.2) is 4.79 Å². The number of halogens is 1. The van der Waals surface area contributed by atoms with Crippen molar-refractivity contribution in [2.45, 2.75) is 37.5 Å². The Morgan fingerprint density at radius 3 is 2.62 bits per heavy atom. The lowest BCUT2D eigenvalue weighted by atomic mass is 9.87. The van der Waals surface area contributed by atoms with E-state index in [1.54, 1.807) is 36.4 Å². The number of hydrogen-bond acceptors (Lipinski definition) is 7. The molecule has 9 nitrogen and oxygen atoms in total. The molecule has 204 valence electrons. The number of benzene rings is 2. The lowest BCUT2D eigenvalue weighted by molar-refractivity contribution is -0.118. The first-order chi connectivity index (χ1) is 18.9. The van der Waals surface area contributed by atoms with Gasteiger partial charge in [-0.15, -0.1) is 0 Å². The number of para-hydroxylation sites is 2. The average molecular weight is 644 g/mol. The van der Waals surface area contributed by atoms with Crippen LogP contribution in [0.5, 0.6) is 5.75 Å². The number of fused-ring (bicyclic) bond motifs is 1. The minimum absolute atomic E-state index is 0.0571. The number of ether oxygens (including phenoxy) is 1. The van der Waals surface area contributed by atoms with Crippen molar-refractivity contribution in [3.05, 3.63) is 85.8 Å². The molecule has 0 bridgehead atoms. The summed E-state index contributed by atoms with van der Waals surface area (Å²) in [5, 5.41) is 24.0. The third kappa shape index (κ3) is 6.18. The molecule has 1 fully saturated rings. The number of rotatable bonds is 9. The van der Waals surface area contributed by atoms with E-state index in [4.69, 9.17) is 9.15 Å². The van der Waals surface area contributed by atoms with Gasteiger partial charge in [-0.1, -0.05) is 30.3 Å². The summed E-state index contributed by atoms with van der Waals surface area (Å²) in [5.74, 6) is -0.207. The van der Waals surface area contributed by atoms with Crippen LogP contribution >= 0.6 is 22.6 Å². The monoisotopic (exact) mass is 644 g/mol. The molecule has 3 unspecified atom stereocenters. The lowest BCUT2D eigenvalue weighted by Gasteiger charge is -2.40. The number of carbonyl (C=O) groups is 2. The predicted octanol–water partition coefficient (Wildman–Crippen LogP) is 2.87. The molecule has 1 aromatic heterocycles. The quantitative estimate of drug-likeness (QED) is 0.242. The van der Waals surface area contributed by atoms with Gasteiger partial charge in [-0.3, -0.25) is 9.59 Å². The molecule has 0 aliphatic heterocycles. The zero-order valence-electron chi connectivity index (χ0n) is 21.1. The van der Waals surface area contributed by atoms with Gasteiger partial charge in [0.2, 0.25) is 5.91 Å². The predicted molar refractivity (Wildman–Crippen MR) is 152 cm³/mol. The molecule has 0 radical (unpaired) electrons. The zero-order chi connectivity index (χ0) is 27.5. The van der Waals surface area contributed by atoms with Crippen LogP contribution in [0.4, 0.5) is 0 Å².